The van der Waals surface area contributed by atoms with E-state index in [1.165, 1.54) is 93.2 Å². The van der Waals surface area contributed by atoms with Gasteiger partial charge in [0.1, 0.15) is 0 Å². The first-order valence-electron chi connectivity index (χ1n) is 41.3. The molecule has 1 aliphatic heterocycles. The smallest absolute Gasteiger partial charge is 0.675 e. The molecule has 0 amide bonds. The molecule has 1 radical (unpaired) electrons. The van der Waals surface area contributed by atoms with Gasteiger partial charge in [0.2, 0.25) is 17.8 Å². The van der Waals surface area contributed by atoms with Gasteiger partial charge in [0.15, 0.2) is 50.9 Å². The van der Waals surface area contributed by atoms with E-state index in [0.29, 0.717) is 72.5 Å². The minimum atomic E-state index is -1.30. The average molecular weight is 1990 g/mol. The van der Waals surface area contributed by atoms with Gasteiger partial charge in [0.05, 0.1) is 19.0 Å². The molecule has 13 aromatic rings. The third kappa shape index (κ3) is 29.6. The number of benzene rings is 3. The standard InChI is InChI=1S/C29H39N7S.C26H33N7S.C26H32N7S.C5H7BO2S.CHO3.3CH4.Ac.2Na/c1-5-16-30-23-11-13-24(14-12-23)33-29-34-27(26-28(35-29)36(18-32-26)19(2)3)31-17-21-7-9-22(10-8-21)25-15-6-20(4)37-25;2*1-16(2)33-15-29-23-24(31-26(32-25(23)33)30-21-11-9-20(27)10-12-21)28-14-18-5-7-19(8-6-18)22-13-4-17(3)34-22;1-4-2-3-5(9-4)6(7)8;1-2-4-3-1;;;;;;/h6-10,15,18-19,23-24,30H,5,11-14,16-17H2,1-4H3,(H2,31,33,34,35);4-8,13,15-16,20-21H,9-12,14,27H2,1-3H3,(H2,28,30,31,32);4-8,13,15-16,20-21,27H,9-12,14H2,1-3H3,(H2,28,30,31,32);2-3,7-8H,1H3;1H;3*1H4;;;/q;;-1;;-1;;;;;2*+1. The van der Waals surface area contributed by atoms with E-state index >= 15 is 0 Å². The van der Waals surface area contributed by atoms with Crippen LogP contribution >= 0.6 is 45.3 Å². The molecule has 12 N–H and O–H groups in total. The first-order valence-corrected chi connectivity index (χ1v) is 44.5. The van der Waals surface area contributed by atoms with Crippen molar-refractivity contribution in [1.29, 1.82) is 0 Å². The number of hydrogen-bond acceptors (Lipinski definition) is 26. The Morgan fingerprint density at radius 2 is 0.750 bits per heavy atom. The maximum Gasteiger partial charge on any atom is 1.00 e. The van der Waals surface area contributed by atoms with Crippen molar-refractivity contribution in [2.45, 2.75) is 256 Å². The molecule has 0 spiro atoms. The van der Waals surface area contributed by atoms with E-state index in [1.807, 2.05) is 66.0 Å². The van der Waals surface area contributed by atoms with Crippen LogP contribution < -0.4 is 107 Å². The summed E-state index contributed by atoms with van der Waals surface area (Å²) < 4.78 is 6.91. The van der Waals surface area contributed by atoms with Crippen LogP contribution in [0.15, 0.2) is 140 Å². The minimum Gasteiger partial charge on any atom is -0.675 e. The van der Waals surface area contributed by atoms with E-state index in [0.717, 1.165) is 133 Å². The van der Waals surface area contributed by atoms with Gasteiger partial charge in [-0.1, -0.05) is 121 Å². The number of rotatable bonds is 25. The van der Waals surface area contributed by atoms with Crippen molar-refractivity contribution in [2.24, 2.45) is 5.73 Å². The Balaban J connectivity index is 0.000000232. The summed E-state index contributed by atoms with van der Waals surface area (Å²) in [4.78, 5) is 59.8. The number of imidazole rings is 3. The largest absolute Gasteiger partial charge is 1.00 e. The van der Waals surface area contributed by atoms with Gasteiger partial charge in [-0.25, -0.2) is 15.0 Å². The quantitative estimate of drug-likeness (QED) is 0.0144. The van der Waals surface area contributed by atoms with Crippen LogP contribution in [-0.4, -0.2) is 119 Å². The molecule has 4 aliphatic rings. The van der Waals surface area contributed by atoms with E-state index in [-0.39, 0.29) is 150 Å². The second kappa shape index (κ2) is 51.5. The second-order valence-electron chi connectivity index (χ2n) is 31.6. The number of anilines is 6. The van der Waals surface area contributed by atoms with Crippen molar-refractivity contribution in [2.75, 3.05) is 38.4 Å². The number of nitrogens with one attached hydrogen (secondary N) is 8. The fraction of sp³-hybridized carbons (Fsp3) is 0.444. The predicted molar refractivity (Wildman–Crippen MR) is 505 cm³/mol. The first kappa shape index (κ1) is 105. The van der Waals surface area contributed by atoms with Crippen molar-refractivity contribution < 1.29 is 128 Å². The van der Waals surface area contributed by atoms with Crippen LogP contribution in [0.2, 0.25) is 0 Å². The second-order valence-corrected chi connectivity index (χ2v) is 36.8. The Morgan fingerprint density at radius 1 is 0.452 bits per heavy atom. The summed E-state index contributed by atoms with van der Waals surface area (Å²) in [6.45, 7) is 27.6. The minimum absolute atomic E-state index is 0. The molecule has 3 saturated carbocycles. The number of aryl methyl sites for hydroxylation is 4. The van der Waals surface area contributed by atoms with E-state index < -0.39 is 7.12 Å². The van der Waals surface area contributed by atoms with E-state index in [9.17, 15) is 0 Å². The van der Waals surface area contributed by atoms with Crippen molar-refractivity contribution in [3.05, 3.63) is 189 Å². The molecule has 1 saturated heterocycles. The van der Waals surface area contributed by atoms with E-state index in [4.69, 9.17) is 51.4 Å². The summed E-state index contributed by atoms with van der Waals surface area (Å²) in [5.74, 6) is 4.26. The number of nitrogens with two attached hydrogens (primary N) is 1. The number of nitrogens with zero attached hydrogens (tertiary/aromatic N) is 12. The van der Waals surface area contributed by atoms with Crippen molar-refractivity contribution in [1.82, 2.24) is 63.9 Å². The number of thiophene rings is 4. The van der Waals surface area contributed by atoms with Gasteiger partial charge < -0.3 is 82.2 Å². The molecule has 124 heavy (non-hydrogen) atoms. The number of fused-ring (bicyclic) bond motifs is 3. The summed E-state index contributed by atoms with van der Waals surface area (Å²) in [6.07, 6.45) is 19.4. The Morgan fingerprint density at radius 3 is 1.02 bits per heavy atom. The molecule has 34 heteroatoms. The van der Waals surface area contributed by atoms with Crippen molar-refractivity contribution in [3.8, 4) is 31.3 Å². The van der Waals surface area contributed by atoms with Gasteiger partial charge in [-0.05, 0) is 229 Å². The van der Waals surface area contributed by atoms with Crippen LogP contribution in [0, 0.1) is 78.6 Å². The summed E-state index contributed by atoms with van der Waals surface area (Å²) in [5.41, 5.74) is 26.4. The Bertz CT molecular complexity index is 5110. The monoisotopic (exact) mass is 1990 g/mol. The molecule has 10 aromatic heterocycles. The third-order valence-corrected chi connectivity index (χ3v) is 25.5. The molecule has 11 heterocycles. The van der Waals surface area contributed by atoms with Crippen LogP contribution in [0.3, 0.4) is 0 Å². The molecule has 3 aromatic carbocycles. The third-order valence-electron chi connectivity index (χ3n) is 21.3. The molecule has 17 rings (SSSR count). The van der Waals surface area contributed by atoms with Crippen LogP contribution in [0.25, 0.3) is 70.5 Å². The van der Waals surface area contributed by atoms with Gasteiger partial charge in [0, 0.05) is 151 Å². The zero-order valence-electron chi connectivity index (χ0n) is 71.9. The zero-order valence-corrected chi connectivity index (χ0v) is 83.9. The molecular formula is C90H124AcBN21Na2O5S4. The molecular weight excluding hydrogens is 1870 g/mol. The Hall–Kier alpha value is -5.90. The van der Waals surface area contributed by atoms with Gasteiger partial charge in [-0.2, -0.15) is 29.9 Å². The fourth-order valence-corrected chi connectivity index (χ4v) is 18.0. The number of aromatic nitrogens is 12. The van der Waals surface area contributed by atoms with Crippen LogP contribution in [-0.2, 0) is 34.4 Å². The Labute approximate surface area is 829 Å². The SMILES string of the molecule is C.C.C.CCCNC1CCC(Nc2nc(NCc3ccc(-c4ccc(C)s4)cc3)c3ncn(C(C)C)c3n2)CC1.Cc1ccc(-c2ccc(CNc3nc(NC4CCC(N)CC4)nc4c3ncn4C(C)C)cc2)s1.Cc1ccc(-c2ccc(CNc3nc(NC4CCC([NH-])CC4)nc4c3ncn4C(C)C)cc2)s1.Cc1ccc(B(O)O)s1.[Ac].[CH-]1OOO1.[Na+].[Na+]. The summed E-state index contributed by atoms with van der Waals surface area (Å²) >= 11 is 6.86. The number of hydrogen-bond donors (Lipinski definition) is 10. The van der Waals surface area contributed by atoms with Gasteiger partial charge in [0.25, 0.3) is 0 Å². The molecule has 3 aliphatic carbocycles. The fourth-order valence-electron chi connectivity index (χ4n) is 14.6. The predicted octanol–water partition coefficient (Wildman–Crippen LogP) is 15.0. The van der Waals surface area contributed by atoms with Crippen LogP contribution in [0.4, 0.5) is 35.3 Å². The van der Waals surface area contributed by atoms with E-state index in [1.54, 1.807) is 6.07 Å². The van der Waals surface area contributed by atoms with Gasteiger partial charge in [-0.15, -0.1) is 56.4 Å². The van der Waals surface area contributed by atoms with Gasteiger partial charge >= 0.3 is 66.2 Å². The van der Waals surface area contributed by atoms with Crippen molar-refractivity contribution in [3.63, 3.8) is 0 Å². The first-order chi connectivity index (χ1) is 57.1. The summed E-state index contributed by atoms with van der Waals surface area (Å²) in [5, 5.41) is 45.9. The molecule has 4 fully saturated rings. The summed E-state index contributed by atoms with van der Waals surface area (Å²) in [7, 11) is -1.30. The summed E-state index contributed by atoms with van der Waals surface area (Å²) in [6, 6.07) is 45.7. The van der Waals surface area contributed by atoms with Gasteiger partial charge in [-0.3, -0.25) is 0 Å². The topological polar surface area (TPSA) is 333 Å². The molecule has 0 bridgehead atoms. The molecule has 26 nitrogen and oxygen atoms in total. The van der Waals surface area contributed by atoms with Crippen LogP contribution in [0.5, 0.6) is 0 Å². The average Bonchev–Trinajstić information content (AvgIpc) is 1.63. The molecule has 0 unspecified atom stereocenters. The maximum atomic E-state index is 8.60. The van der Waals surface area contributed by atoms with Crippen molar-refractivity contribution >= 4 is 126 Å². The zero-order chi connectivity index (χ0) is 82.8. The maximum absolute atomic E-state index is 8.60. The van der Waals surface area contributed by atoms with E-state index in [2.05, 4.69) is 259 Å². The normalized spacial score (nSPS) is 17.0. The van der Waals surface area contributed by atoms with Crippen LogP contribution in [0.1, 0.15) is 209 Å². The molecule has 651 valence electrons. The Kier molecular flexibility index (Phi) is 43.7. The molecule has 0 atom stereocenters.